The molecular formula is C10H10F2O3S. The maximum absolute atomic E-state index is 13.0. The lowest BCUT2D eigenvalue weighted by Gasteiger charge is -2.11. The Morgan fingerprint density at radius 3 is 2.31 bits per heavy atom. The van der Waals surface area contributed by atoms with Gasteiger partial charge < -0.3 is 5.11 Å². The van der Waals surface area contributed by atoms with Crippen LogP contribution >= 0.6 is 0 Å². The molecule has 1 N–H and O–H groups in total. The van der Waals surface area contributed by atoms with Crippen molar-refractivity contribution in [2.75, 3.05) is 0 Å². The number of halogens is 2. The zero-order chi connectivity index (χ0) is 12.5. The first-order valence-corrected chi connectivity index (χ1v) is 5.52. The molecule has 0 aliphatic carbocycles. The second kappa shape index (κ2) is 4.29. The van der Waals surface area contributed by atoms with E-state index in [4.69, 9.17) is 5.11 Å². The Morgan fingerprint density at radius 1 is 1.31 bits per heavy atom. The summed E-state index contributed by atoms with van der Waals surface area (Å²) in [5, 5.41) is 3.99. The zero-order valence-electron chi connectivity index (χ0n) is 8.66. The number of alkyl halides is 2. The molecular weight excluding hydrogens is 238 g/mol. The quantitative estimate of drug-likeness (QED) is 0.891. The van der Waals surface area contributed by atoms with E-state index in [9.17, 15) is 17.8 Å². The molecule has 0 saturated carbocycles. The monoisotopic (exact) mass is 248 g/mol. The molecule has 0 amide bonds. The van der Waals surface area contributed by atoms with Gasteiger partial charge in [0.25, 0.3) is 0 Å². The summed E-state index contributed by atoms with van der Waals surface area (Å²) in [5.74, 6) is -2.39. The largest absolute Gasteiger partial charge is 0.476 e. The van der Waals surface area contributed by atoms with Crippen LogP contribution in [0.1, 0.15) is 11.1 Å². The van der Waals surface area contributed by atoms with Crippen molar-refractivity contribution in [1.82, 2.24) is 0 Å². The number of aliphatic carboxylic acids is 1. The molecule has 1 unspecified atom stereocenters. The highest BCUT2D eigenvalue weighted by Gasteiger charge is 2.46. The van der Waals surface area contributed by atoms with Gasteiger partial charge >= 0.3 is 11.2 Å². The topological polar surface area (TPSA) is 54.4 Å². The first-order valence-electron chi connectivity index (χ1n) is 4.37. The fourth-order valence-electron chi connectivity index (χ4n) is 1.06. The molecule has 0 aliphatic heterocycles. The van der Waals surface area contributed by atoms with Crippen molar-refractivity contribution in [2.45, 2.75) is 24.0 Å². The summed E-state index contributed by atoms with van der Waals surface area (Å²) in [7, 11) is -2.88. The molecule has 1 aromatic carbocycles. The maximum Gasteiger partial charge on any atom is 0.419 e. The number of carboxylic acids is 1. The van der Waals surface area contributed by atoms with Gasteiger partial charge in [0.2, 0.25) is 0 Å². The lowest BCUT2D eigenvalue weighted by atomic mass is 10.1. The van der Waals surface area contributed by atoms with E-state index < -0.39 is 22.0 Å². The van der Waals surface area contributed by atoms with Crippen LogP contribution in [0.2, 0.25) is 0 Å². The van der Waals surface area contributed by atoms with Crippen molar-refractivity contribution in [1.29, 1.82) is 0 Å². The number of carbonyl (C=O) groups is 1. The van der Waals surface area contributed by atoms with Crippen LogP contribution in [-0.4, -0.2) is 20.5 Å². The zero-order valence-corrected chi connectivity index (χ0v) is 9.48. The SMILES string of the molecule is Cc1ccc(S(=O)C(F)(F)C(=O)O)cc1C. The van der Waals surface area contributed by atoms with Crippen molar-refractivity contribution in [3.8, 4) is 0 Å². The van der Waals surface area contributed by atoms with Crippen molar-refractivity contribution in [2.24, 2.45) is 0 Å². The number of carboxylic acid groups (broad SMARTS) is 1. The summed E-state index contributed by atoms with van der Waals surface area (Å²) in [6, 6.07) is 4.08. The van der Waals surface area contributed by atoms with Gasteiger partial charge in [-0.3, -0.25) is 0 Å². The van der Waals surface area contributed by atoms with E-state index >= 15 is 0 Å². The molecule has 0 heterocycles. The summed E-state index contributed by atoms with van der Waals surface area (Å²) in [6.07, 6.45) is 0. The molecule has 88 valence electrons. The van der Waals surface area contributed by atoms with Gasteiger partial charge in [-0.1, -0.05) is 6.07 Å². The van der Waals surface area contributed by atoms with E-state index in [0.717, 1.165) is 5.56 Å². The van der Waals surface area contributed by atoms with E-state index in [2.05, 4.69) is 0 Å². The van der Waals surface area contributed by atoms with Crippen molar-refractivity contribution < 1.29 is 22.9 Å². The highest BCUT2D eigenvalue weighted by Crippen LogP contribution is 2.26. The molecule has 0 radical (unpaired) electrons. The number of benzene rings is 1. The minimum absolute atomic E-state index is 0.185. The predicted molar refractivity (Wildman–Crippen MR) is 54.9 cm³/mol. The highest BCUT2D eigenvalue weighted by atomic mass is 32.2. The Kier molecular flexibility index (Phi) is 3.42. The van der Waals surface area contributed by atoms with Crippen LogP contribution in [0.5, 0.6) is 0 Å². The molecule has 3 nitrogen and oxygen atoms in total. The molecule has 6 heteroatoms. The first kappa shape index (κ1) is 12.8. The van der Waals surface area contributed by atoms with Crippen LogP contribution in [0.4, 0.5) is 8.78 Å². The van der Waals surface area contributed by atoms with E-state index in [1.165, 1.54) is 18.2 Å². The van der Waals surface area contributed by atoms with Crippen LogP contribution in [0, 0.1) is 13.8 Å². The summed E-state index contributed by atoms with van der Waals surface area (Å²) in [6.45, 7) is 3.45. The lowest BCUT2D eigenvalue weighted by Crippen LogP contribution is -2.33. The van der Waals surface area contributed by atoms with Gasteiger partial charge in [-0.25, -0.2) is 9.00 Å². The molecule has 16 heavy (non-hydrogen) atoms. The van der Waals surface area contributed by atoms with Gasteiger partial charge in [0.1, 0.15) is 10.8 Å². The second-order valence-electron chi connectivity index (χ2n) is 3.34. The average molecular weight is 248 g/mol. The van der Waals surface area contributed by atoms with Crippen LogP contribution in [0.25, 0.3) is 0 Å². The Labute approximate surface area is 93.6 Å². The van der Waals surface area contributed by atoms with Gasteiger partial charge in [0.15, 0.2) is 0 Å². The Balaban J connectivity index is 3.15. The first-order chi connectivity index (χ1) is 7.26. The van der Waals surface area contributed by atoms with Crippen LogP contribution in [0.15, 0.2) is 23.1 Å². The van der Waals surface area contributed by atoms with Crippen molar-refractivity contribution >= 4 is 16.8 Å². The molecule has 1 aromatic rings. The van der Waals surface area contributed by atoms with Crippen molar-refractivity contribution in [3.05, 3.63) is 29.3 Å². The van der Waals surface area contributed by atoms with E-state index in [0.29, 0.717) is 5.56 Å². The Bertz CT molecular complexity index is 457. The smallest absolute Gasteiger partial charge is 0.419 e. The third-order valence-corrected chi connectivity index (χ3v) is 3.50. The third-order valence-electron chi connectivity index (χ3n) is 2.17. The van der Waals surface area contributed by atoms with Gasteiger partial charge in [-0.15, -0.1) is 0 Å². The normalized spacial score (nSPS) is 13.5. The van der Waals surface area contributed by atoms with Gasteiger partial charge in [-0.05, 0) is 37.1 Å². The lowest BCUT2D eigenvalue weighted by molar-refractivity contribution is -0.153. The number of hydrogen-bond acceptors (Lipinski definition) is 2. The minimum atomic E-state index is -4.26. The highest BCUT2D eigenvalue weighted by molar-refractivity contribution is 7.87. The van der Waals surface area contributed by atoms with E-state index in [1.807, 2.05) is 0 Å². The maximum atomic E-state index is 13.0. The Morgan fingerprint density at radius 2 is 1.88 bits per heavy atom. The fourth-order valence-corrected chi connectivity index (χ4v) is 1.99. The van der Waals surface area contributed by atoms with Crippen LogP contribution in [0.3, 0.4) is 0 Å². The summed E-state index contributed by atoms with van der Waals surface area (Å²) in [4.78, 5) is 10.1. The Hall–Kier alpha value is -1.30. The summed E-state index contributed by atoms with van der Waals surface area (Å²) >= 11 is 0. The molecule has 0 fully saturated rings. The van der Waals surface area contributed by atoms with Crippen molar-refractivity contribution in [3.63, 3.8) is 0 Å². The third kappa shape index (κ3) is 2.27. The van der Waals surface area contributed by atoms with E-state index in [1.54, 1.807) is 13.8 Å². The van der Waals surface area contributed by atoms with Gasteiger partial charge in [0, 0.05) is 4.90 Å². The predicted octanol–water partition coefficient (Wildman–Crippen LogP) is 2.09. The van der Waals surface area contributed by atoms with Gasteiger partial charge in [0.05, 0.1) is 0 Å². The molecule has 0 bridgehead atoms. The number of aryl methyl sites for hydroxylation is 2. The summed E-state index contributed by atoms with van der Waals surface area (Å²) < 4.78 is 37.3. The average Bonchev–Trinajstić information content (AvgIpc) is 2.20. The molecule has 1 atom stereocenters. The van der Waals surface area contributed by atoms with Crippen LogP contribution < -0.4 is 0 Å². The number of hydrogen-bond donors (Lipinski definition) is 1. The molecule has 1 rings (SSSR count). The molecule has 0 spiro atoms. The minimum Gasteiger partial charge on any atom is -0.476 e. The molecule has 0 aliphatic rings. The standard InChI is InChI=1S/C10H10F2O3S/c1-6-3-4-8(5-7(6)2)16(15)10(11,12)9(13)14/h3-5H,1-2H3,(H,13,14). The summed E-state index contributed by atoms with van der Waals surface area (Å²) in [5.41, 5.74) is 1.55. The number of rotatable bonds is 3. The van der Waals surface area contributed by atoms with E-state index in [-0.39, 0.29) is 4.90 Å². The molecule has 0 saturated heterocycles. The van der Waals surface area contributed by atoms with Gasteiger partial charge in [-0.2, -0.15) is 8.78 Å². The fraction of sp³-hybridized carbons (Fsp3) is 0.300. The second-order valence-corrected chi connectivity index (χ2v) is 4.86. The van der Waals surface area contributed by atoms with Crippen LogP contribution in [-0.2, 0) is 15.6 Å². The molecule has 0 aromatic heterocycles.